The smallest absolute Gasteiger partial charge is 0.135 e. The summed E-state index contributed by atoms with van der Waals surface area (Å²) in [4.78, 5) is 0. The van der Waals surface area contributed by atoms with Crippen LogP contribution in [0.3, 0.4) is 0 Å². The topological polar surface area (TPSA) is 36.9 Å². The lowest BCUT2D eigenvalue weighted by Gasteiger charge is -2.20. The Morgan fingerprint density at radius 2 is 0.468 bits per heavy atom. The first kappa shape index (κ1) is 53.7. The molecule has 0 saturated heterocycles. The lowest BCUT2D eigenvalue weighted by atomic mass is 9.99. The summed E-state index contributed by atoms with van der Waals surface area (Å²) in [5.74, 6) is 3.78. The second kappa shape index (κ2) is 37.7. The number of unbranched alkanes of at least 4 members (excludes halogenated alkanes) is 32. The van der Waals surface area contributed by atoms with Gasteiger partial charge in [-0.2, -0.15) is 0 Å². The van der Waals surface area contributed by atoms with E-state index >= 15 is 0 Å². The Morgan fingerprint density at radius 1 is 0.242 bits per heavy atom. The molecule has 62 heavy (non-hydrogen) atoms. The molecule has 0 aliphatic carbocycles. The van der Waals surface area contributed by atoms with E-state index in [0.29, 0.717) is 0 Å². The molecule has 0 fully saturated rings. The Balaban J connectivity index is 1.75. The number of benzene rings is 3. The molecule has 3 aromatic carbocycles. The number of hydrogen-bond acceptors (Lipinski definition) is 4. The van der Waals surface area contributed by atoms with Gasteiger partial charge in [0.2, 0.25) is 0 Å². The van der Waals surface area contributed by atoms with Crippen molar-refractivity contribution >= 4 is 21.5 Å². The molecule has 4 nitrogen and oxygen atoms in total. The van der Waals surface area contributed by atoms with Crippen LogP contribution in [-0.4, -0.2) is 26.4 Å². The zero-order valence-corrected chi connectivity index (χ0v) is 41.4. The maximum atomic E-state index is 6.87. The summed E-state index contributed by atoms with van der Waals surface area (Å²) in [7, 11) is 0. The zero-order chi connectivity index (χ0) is 44.0. The lowest BCUT2D eigenvalue weighted by Crippen LogP contribution is -2.04. The number of ether oxygens (including phenoxy) is 4. The third-order valence-electron chi connectivity index (χ3n) is 13.0. The zero-order valence-electron chi connectivity index (χ0n) is 41.4. The van der Waals surface area contributed by atoms with Crippen molar-refractivity contribution in [3.63, 3.8) is 0 Å². The van der Waals surface area contributed by atoms with Crippen molar-refractivity contribution in [2.24, 2.45) is 0 Å². The van der Waals surface area contributed by atoms with E-state index in [1.54, 1.807) is 0 Å². The summed E-state index contributed by atoms with van der Waals surface area (Å²) in [5, 5.41) is 4.43. The van der Waals surface area contributed by atoms with Gasteiger partial charge in [-0.3, -0.25) is 0 Å². The molecule has 3 aromatic rings. The number of fused-ring (bicyclic) bond motifs is 2. The molecule has 0 unspecified atom stereocenters. The molecule has 354 valence electrons. The summed E-state index contributed by atoms with van der Waals surface area (Å²) in [6, 6.07) is 13.2. The van der Waals surface area contributed by atoms with Crippen molar-refractivity contribution in [2.45, 2.75) is 259 Å². The second-order valence-corrected chi connectivity index (χ2v) is 18.8. The average molecular weight is 859 g/mol. The molecular formula is C58H98O4. The van der Waals surface area contributed by atoms with Crippen molar-refractivity contribution in [1.82, 2.24) is 0 Å². The molecule has 0 bridgehead atoms. The predicted molar refractivity (Wildman–Crippen MR) is 272 cm³/mol. The molecule has 0 heterocycles. The highest BCUT2D eigenvalue weighted by Crippen LogP contribution is 2.45. The first-order chi connectivity index (χ1) is 30.7. The van der Waals surface area contributed by atoms with Gasteiger partial charge in [0.1, 0.15) is 23.0 Å². The van der Waals surface area contributed by atoms with E-state index in [9.17, 15) is 0 Å². The van der Waals surface area contributed by atoms with Crippen molar-refractivity contribution < 1.29 is 18.9 Å². The van der Waals surface area contributed by atoms with Gasteiger partial charge in [-0.1, -0.05) is 233 Å². The maximum absolute atomic E-state index is 6.87. The number of hydrogen-bond donors (Lipinski definition) is 0. The van der Waals surface area contributed by atoms with Crippen LogP contribution in [-0.2, 0) is 0 Å². The van der Waals surface area contributed by atoms with Crippen LogP contribution in [0.4, 0.5) is 0 Å². The highest BCUT2D eigenvalue weighted by Gasteiger charge is 2.19. The molecule has 0 radical (unpaired) electrons. The molecule has 0 atom stereocenters. The molecule has 0 aromatic heterocycles. The van der Waals surface area contributed by atoms with Crippen LogP contribution in [0.15, 0.2) is 36.4 Å². The van der Waals surface area contributed by atoms with Crippen LogP contribution < -0.4 is 18.9 Å². The minimum atomic E-state index is 0.721. The summed E-state index contributed by atoms with van der Waals surface area (Å²) < 4.78 is 26.6. The third-order valence-corrected chi connectivity index (χ3v) is 13.0. The van der Waals surface area contributed by atoms with Crippen LogP contribution in [0, 0.1) is 0 Å². The van der Waals surface area contributed by atoms with E-state index in [0.717, 1.165) is 96.7 Å². The van der Waals surface area contributed by atoms with Gasteiger partial charge in [0, 0.05) is 21.5 Å². The van der Waals surface area contributed by atoms with Gasteiger partial charge in [0.25, 0.3) is 0 Å². The normalized spacial score (nSPS) is 11.5. The standard InChI is InChI=1S/C58H98O4/c1-5-9-13-17-21-25-29-33-37-45-59-51-41-43-53-55(49-51)57(61-47-39-35-31-27-23-19-15-11-7-3)54-44-42-52(60-46-38-34-30-26-22-18-14-10-6-2)50-56(54)58(53)62-48-40-36-32-28-24-20-16-12-8-4/h41-44,49-50H,5-40,45-48H2,1-4H3. The van der Waals surface area contributed by atoms with Crippen molar-refractivity contribution in [3.05, 3.63) is 36.4 Å². The summed E-state index contributed by atoms with van der Waals surface area (Å²) >= 11 is 0. The highest BCUT2D eigenvalue weighted by atomic mass is 16.5. The van der Waals surface area contributed by atoms with Gasteiger partial charge >= 0.3 is 0 Å². The van der Waals surface area contributed by atoms with E-state index < -0.39 is 0 Å². The van der Waals surface area contributed by atoms with Gasteiger partial charge in [-0.05, 0) is 62.1 Å². The van der Waals surface area contributed by atoms with Crippen LogP contribution >= 0.6 is 0 Å². The van der Waals surface area contributed by atoms with Gasteiger partial charge in [-0.15, -0.1) is 0 Å². The van der Waals surface area contributed by atoms with E-state index in [4.69, 9.17) is 18.9 Å². The van der Waals surface area contributed by atoms with Gasteiger partial charge in [0.05, 0.1) is 26.4 Å². The monoisotopic (exact) mass is 859 g/mol. The Kier molecular flexibility index (Phi) is 32.7. The Bertz CT molecular complexity index is 1370. The molecule has 0 saturated carbocycles. The summed E-state index contributed by atoms with van der Waals surface area (Å²) in [6.45, 7) is 12.1. The molecule has 0 amide bonds. The lowest BCUT2D eigenvalue weighted by molar-refractivity contribution is 0.300. The molecule has 3 rings (SSSR count). The number of rotatable bonds is 44. The first-order valence-corrected chi connectivity index (χ1v) is 27.3. The second-order valence-electron chi connectivity index (χ2n) is 18.8. The van der Waals surface area contributed by atoms with Crippen molar-refractivity contribution in [1.29, 1.82) is 0 Å². The van der Waals surface area contributed by atoms with E-state index in [2.05, 4.69) is 64.1 Å². The molecule has 0 spiro atoms. The van der Waals surface area contributed by atoms with Crippen LogP contribution in [0.25, 0.3) is 21.5 Å². The summed E-state index contributed by atoms with van der Waals surface area (Å²) in [6.07, 6.45) is 47.1. The summed E-state index contributed by atoms with van der Waals surface area (Å²) in [5.41, 5.74) is 0. The van der Waals surface area contributed by atoms with Crippen molar-refractivity contribution in [3.8, 4) is 23.0 Å². The quantitative estimate of drug-likeness (QED) is 0.0419. The van der Waals surface area contributed by atoms with Crippen LogP contribution in [0.2, 0.25) is 0 Å². The molecule has 0 N–H and O–H groups in total. The van der Waals surface area contributed by atoms with Crippen LogP contribution in [0.1, 0.15) is 259 Å². The van der Waals surface area contributed by atoms with Crippen molar-refractivity contribution in [2.75, 3.05) is 26.4 Å². The molecule has 0 aliphatic rings. The minimum Gasteiger partial charge on any atom is -0.494 e. The first-order valence-electron chi connectivity index (χ1n) is 27.3. The van der Waals surface area contributed by atoms with Gasteiger partial charge in [0.15, 0.2) is 0 Å². The molecule has 0 aliphatic heterocycles. The Labute approximate surface area is 383 Å². The molecule has 4 heteroatoms. The van der Waals surface area contributed by atoms with E-state index in [1.807, 2.05) is 0 Å². The van der Waals surface area contributed by atoms with E-state index in [-0.39, 0.29) is 0 Å². The van der Waals surface area contributed by atoms with Gasteiger partial charge < -0.3 is 18.9 Å². The molecular weight excluding hydrogens is 761 g/mol. The average Bonchev–Trinajstić information content (AvgIpc) is 3.29. The third kappa shape index (κ3) is 23.9. The SMILES string of the molecule is CCCCCCCCCCCOc1ccc2c(OCCCCCCCCCCC)c3cc(OCCCCCCCCCCC)ccc3c(OCCCCCCCCCCC)c2c1. The predicted octanol–water partition coefficient (Wildman–Crippen LogP) is 19.6. The maximum Gasteiger partial charge on any atom is 0.135 e. The Morgan fingerprint density at radius 3 is 0.726 bits per heavy atom. The van der Waals surface area contributed by atoms with Crippen LogP contribution in [0.5, 0.6) is 23.0 Å². The fourth-order valence-electron chi connectivity index (χ4n) is 8.98. The minimum absolute atomic E-state index is 0.721. The Hall–Kier alpha value is -2.62. The van der Waals surface area contributed by atoms with E-state index in [1.165, 1.54) is 205 Å². The van der Waals surface area contributed by atoms with Gasteiger partial charge in [-0.25, -0.2) is 0 Å². The largest absolute Gasteiger partial charge is 0.494 e. The fraction of sp³-hybridized carbons (Fsp3) is 0.759. The highest BCUT2D eigenvalue weighted by molar-refractivity contribution is 6.11. The fourth-order valence-corrected chi connectivity index (χ4v) is 8.98.